The van der Waals surface area contributed by atoms with E-state index in [1.807, 2.05) is 12.1 Å². The zero-order chi connectivity index (χ0) is 9.26. The van der Waals surface area contributed by atoms with Crippen molar-refractivity contribution in [2.75, 3.05) is 6.61 Å². The predicted octanol–water partition coefficient (Wildman–Crippen LogP) is 2.15. The van der Waals surface area contributed by atoms with Crippen LogP contribution in [0.2, 0.25) is 5.02 Å². The Morgan fingerprint density at radius 2 is 2.38 bits per heavy atom. The summed E-state index contributed by atoms with van der Waals surface area (Å²) in [4.78, 5) is 10.6. The van der Waals surface area contributed by atoms with Crippen molar-refractivity contribution in [3.63, 3.8) is 0 Å². The summed E-state index contributed by atoms with van der Waals surface area (Å²) < 4.78 is 5.28. The molecular formula is C10H9ClO2. The monoisotopic (exact) mass is 196 g/mol. The van der Waals surface area contributed by atoms with Crippen molar-refractivity contribution in [1.29, 1.82) is 0 Å². The number of rotatable bonds is 1. The number of hydrogen-bond acceptors (Lipinski definition) is 2. The molecule has 13 heavy (non-hydrogen) atoms. The van der Waals surface area contributed by atoms with Crippen molar-refractivity contribution in [3.05, 3.63) is 34.3 Å². The summed E-state index contributed by atoms with van der Waals surface area (Å²) in [6.07, 6.45) is 1.26. The number of halogens is 1. The van der Waals surface area contributed by atoms with Crippen LogP contribution in [0.4, 0.5) is 0 Å². The normalized spacial score (nSPS) is 20.8. The summed E-state index contributed by atoms with van der Waals surface area (Å²) in [7, 11) is 0. The van der Waals surface area contributed by atoms with E-state index in [4.69, 9.17) is 16.3 Å². The second kappa shape index (κ2) is 3.48. The number of carbonyl (C=O) groups excluding carboxylic acids is 1. The molecule has 1 aliphatic heterocycles. The average Bonchev–Trinajstić information content (AvgIpc) is 2.16. The third-order valence-corrected chi connectivity index (χ3v) is 2.44. The maximum atomic E-state index is 10.6. The molecule has 0 saturated heterocycles. The molecule has 0 fully saturated rings. The molecular weight excluding hydrogens is 188 g/mol. The molecule has 68 valence electrons. The van der Waals surface area contributed by atoms with Crippen LogP contribution < -0.4 is 0 Å². The summed E-state index contributed by atoms with van der Waals surface area (Å²) in [5.41, 5.74) is 2.07. The molecule has 2 rings (SSSR count). The second-order valence-corrected chi connectivity index (χ2v) is 3.46. The number of aldehydes is 1. The zero-order valence-electron chi connectivity index (χ0n) is 7.00. The number of ether oxygens (including phenoxy) is 1. The van der Waals surface area contributed by atoms with Gasteiger partial charge in [0.15, 0.2) is 6.29 Å². The van der Waals surface area contributed by atoms with Gasteiger partial charge < -0.3 is 9.53 Å². The van der Waals surface area contributed by atoms with Gasteiger partial charge in [0.25, 0.3) is 0 Å². The first kappa shape index (κ1) is 8.73. The van der Waals surface area contributed by atoms with E-state index in [1.54, 1.807) is 6.07 Å². The molecule has 0 amide bonds. The van der Waals surface area contributed by atoms with Crippen molar-refractivity contribution < 1.29 is 9.53 Å². The highest BCUT2D eigenvalue weighted by Crippen LogP contribution is 2.27. The molecule has 0 spiro atoms. The van der Waals surface area contributed by atoms with Gasteiger partial charge in [-0.15, -0.1) is 0 Å². The minimum atomic E-state index is -0.402. The molecule has 1 atom stereocenters. The highest BCUT2D eigenvalue weighted by molar-refractivity contribution is 6.30. The Bertz CT molecular complexity index is 336. The van der Waals surface area contributed by atoms with Crippen LogP contribution in [-0.4, -0.2) is 12.9 Å². The molecule has 1 unspecified atom stereocenters. The lowest BCUT2D eigenvalue weighted by molar-refractivity contribution is -0.119. The molecule has 1 aromatic rings. The molecule has 0 aliphatic carbocycles. The topological polar surface area (TPSA) is 26.3 Å². The molecule has 1 aliphatic rings. The molecule has 1 heterocycles. The van der Waals surface area contributed by atoms with Crippen LogP contribution in [0.1, 0.15) is 17.2 Å². The fraction of sp³-hybridized carbons (Fsp3) is 0.300. The van der Waals surface area contributed by atoms with Gasteiger partial charge in [-0.1, -0.05) is 17.7 Å². The Balaban J connectivity index is 2.45. The van der Waals surface area contributed by atoms with Gasteiger partial charge in [0.2, 0.25) is 0 Å². The lowest BCUT2D eigenvalue weighted by Gasteiger charge is -2.21. The molecule has 0 bridgehead atoms. The van der Waals surface area contributed by atoms with Crippen molar-refractivity contribution in [3.8, 4) is 0 Å². The summed E-state index contributed by atoms with van der Waals surface area (Å²) in [6.45, 7) is 0.594. The van der Waals surface area contributed by atoms with Crippen LogP contribution in [0.25, 0.3) is 0 Å². The summed E-state index contributed by atoms with van der Waals surface area (Å²) >= 11 is 5.84. The molecule has 3 heteroatoms. The number of carbonyl (C=O) groups is 1. The Morgan fingerprint density at radius 1 is 1.54 bits per heavy atom. The summed E-state index contributed by atoms with van der Waals surface area (Å²) in [5.74, 6) is 0. The molecule has 2 nitrogen and oxygen atoms in total. The van der Waals surface area contributed by atoms with Crippen LogP contribution in [0.5, 0.6) is 0 Å². The molecule has 0 radical (unpaired) electrons. The van der Waals surface area contributed by atoms with Gasteiger partial charge in [-0.3, -0.25) is 0 Å². The van der Waals surface area contributed by atoms with Crippen LogP contribution in [0.3, 0.4) is 0 Å². The number of fused-ring (bicyclic) bond motifs is 1. The minimum absolute atomic E-state index is 0.402. The highest BCUT2D eigenvalue weighted by atomic mass is 35.5. The van der Waals surface area contributed by atoms with E-state index in [9.17, 15) is 4.79 Å². The van der Waals surface area contributed by atoms with Crippen molar-refractivity contribution in [1.82, 2.24) is 0 Å². The summed E-state index contributed by atoms with van der Waals surface area (Å²) in [6, 6.07) is 5.54. The quantitative estimate of drug-likeness (QED) is 0.644. The van der Waals surface area contributed by atoms with E-state index in [2.05, 4.69) is 0 Å². The molecule has 1 aromatic carbocycles. The largest absolute Gasteiger partial charge is 0.366 e. The SMILES string of the molecule is O=CC1OCCc2cc(Cl)ccc21. The molecule has 0 aromatic heterocycles. The van der Waals surface area contributed by atoms with Gasteiger partial charge in [-0.25, -0.2) is 0 Å². The van der Waals surface area contributed by atoms with Gasteiger partial charge in [0.1, 0.15) is 6.10 Å². The third kappa shape index (κ3) is 1.60. The Morgan fingerprint density at radius 3 is 3.15 bits per heavy atom. The Labute approximate surface area is 81.5 Å². The van der Waals surface area contributed by atoms with Gasteiger partial charge in [-0.05, 0) is 29.7 Å². The van der Waals surface area contributed by atoms with Crippen molar-refractivity contribution >= 4 is 17.9 Å². The van der Waals surface area contributed by atoms with Gasteiger partial charge in [0, 0.05) is 5.02 Å². The Hall–Kier alpha value is -0.860. The summed E-state index contributed by atoms with van der Waals surface area (Å²) in [5, 5.41) is 0.713. The average molecular weight is 197 g/mol. The minimum Gasteiger partial charge on any atom is -0.366 e. The molecule has 0 saturated carbocycles. The van der Waals surface area contributed by atoms with E-state index in [1.165, 1.54) is 0 Å². The third-order valence-electron chi connectivity index (χ3n) is 2.20. The second-order valence-electron chi connectivity index (χ2n) is 3.02. The van der Waals surface area contributed by atoms with E-state index in [0.717, 1.165) is 23.8 Å². The van der Waals surface area contributed by atoms with E-state index < -0.39 is 6.10 Å². The van der Waals surface area contributed by atoms with E-state index >= 15 is 0 Å². The highest BCUT2D eigenvalue weighted by Gasteiger charge is 2.19. The standard InChI is InChI=1S/C10H9ClO2/c11-8-1-2-9-7(5-8)3-4-13-10(9)6-12/h1-2,5-6,10H,3-4H2. The van der Waals surface area contributed by atoms with Crippen LogP contribution >= 0.6 is 11.6 Å². The first-order valence-corrected chi connectivity index (χ1v) is 4.54. The van der Waals surface area contributed by atoms with Crippen LogP contribution in [0, 0.1) is 0 Å². The zero-order valence-corrected chi connectivity index (χ0v) is 7.75. The fourth-order valence-corrected chi connectivity index (χ4v) is 1.76. The maximum Gasteiger partial charge on any atom is 0.153 e. The fourth-order valence-electron chi connectivity index (χ4n) is 1.57. The Kier molecular flexibility index (Phi) is 2.34. The van der Waals surface area contributed by atoms with Crippen LogP contribution in [-0.2, 0) is 16.0 Å². The number of hydrogen-bond donors (Lipinski definition) is 0. The first-order chi connectivity index (χ1) is 6.31. The van der Waals surface area contributed by atoms with E-state index in [0.29, 0.717) is 11.6 Å². The number of benzene rings is 1. The maximum absolute atomic E-state index is 10.6. The van der Waals surface area contributed by atoms with Crippen LogP contribution in [0.15, 0.2) is 18.2 Å². The van der Waals surface area contributed by atoms with Crippen molar-refractivity contribution in [2.24, 2.45) is 0 Å². The van der Waals surface area contributed by atoms with Gasteiger partial charge in [0.05, 0.1) is 6.61 Å². The predicted molar refractivity (Wildman–Crippen MR) is 49.9 cm³/mol. The van der Waals surface area contributed by atoms with Crippen molar-refractivity contribution in [2.45, 2.75) is 12.5 Å². The molecule has 0 N–H and O–H groups in total. The van der Waals surface area contributed by atoms with E-state index in [-0.39, 0.29) is 0 Å². The van der Waals surface area contributed by atoms with Gasteiger partial charge in [-0.2, -0.15) is 0 Å². The van der Waals surface area contributed by atoms with Gasteiger partial charge >= 0.3 is 0 Å². The smallest absolute Gasteiger partial charge is 0.153 e. The first-order valence-electron chi connectivity index (χ1n) is 4.16. The lowest BCUT2D eigenvalue weighted by atomic mass is 9.98. The lowest BCUT2D eigenvalue weighted by Crippen LogP contribution is -2.16.